The lowest BCUT2D eigenvalue weighted by molar-refractivity contribution is -0.140. The number of carboxylic acid groups (broad SMARTS) is 1. The quantitative estimate of drug-likeness (QED) is 0.876. The Morgan fingerprint density at radius 2 is 1.79 bits per heavy atom. The van der Waals surface area contributed by atoms with Gasteiger partial charge in [-0.1, -0.05) is 23.7 Å². The lowest BCUT2D eigenvalue weighted by Crippen LogP contribution is -2.04. The number of rotatable bonds is 2. The van der Waals surface area contributed by atoms with E-state index in [2.05, 4.69) is 4.98 Å². The van der Waals surface area contributed by atoms with Crippen molar-refractivity contribution in [2.24, 2.45) is 0 Å². The zero-order valence-corrected chi connectivity index (χ0v) is 10.0. The summed E-state index contributed by atoms with van der Waals surface area (Å²) in [6.07, 6.45) is -4.63. The van der Waals surface area contributed by atoms with Gasteiger partial charge in [0.25, 0.3) is 0 Å². The van der Waals surface area contributed by atoms with Gasteiger partial charge in [0.15, 0.2) is 0 Å². The number of nitrogens with one attached hydrogen (secondary N) is 1. The van der Waals surface area contributed by atoms with E-state index in [9.17, 15) is 18.0 Å². The first kappa shape index (κ1) is 13.5. The number of carboxylic acids is 1. The van der Waals surface area contributed by atoms with E-state index in [1.807, 2.05) is 0 Å². The van der Waals surface area contributed by atoms with Gasteiger partial charge in [-0.25, -0.2) is 4.79 Å². The zero-order chi connectivity index (χ0) is 14.2. The number of H-pyrrole nitrogens is 1. The molecule has 0 aliphatic heterocycles. The van der Waals surface area contributed by atoms with Crippen LogP contribution in [0, 0.1) is 0 Å². The van der Waals surface area contributed by atoms with Crippen molar-refractivity contribution in [1.82, 2.24) is 4.98 Å². The molecule has 0 saturated carbocycles. The van der Waals surface area contributed by atoms with Crippen LogP contribution >= 0.6 is 11.6 Å². The van der Waals surface area contributed by atoms with Gasteiger partial charge >= 0.3 is 12.1 Å². The van der Waals surface area contributed by atoms with Crippen molar-refractivity contribution < 1.29 is 23.1 Å². The first-order chi connectivity index (χ1) is 8.79. The number of hydrogen-bond acceptors (Lipinski definition) is 1. The summed E-state index contributed by atoms with van der Waals surface area (Å²) in [5, 5.41) is 9.35. The van der Waals surface area contributed by atoms with Crippen molar-refractivity contribution in [3.8, 4) is 11.3 Å². The molecule has 19 heavy (non-hydrogen) atoms. The van der Waals surface area contributed by atoms with Crippen LogP contribution in [-0.2, 0) is 6.18 Å². The van der Waals surface area contributed by atoms with E-state index in [1.165, 1.54) is 24.3 Å². The normalized spacial score (nSPS) is 11.6. The first-order valence-electron chi connectivity index (χ1n) is 5.08. The molecule has 7 heteroatoms. The summed E-state index contributed by atoms with van der Waals surface area (Å²) in [5.41, 5.74) is -1.32. The van der Waals surface area contributed by atoms with E-state index in [0.717, 1.165) is 0 Å². The molecule has 0 bridgehead atoms. The second-order valence-corrected chi connectivity index (χ2v) is 4.22. The molecule has 0 atom stereocenters. The fraction of sp³-hybridized carbons (Fsp3) is 0.0833. The van der Waals surface area contributed by atoms with Crippen LogP contribution in [0.2, 0.25) is 5.02 Å². The second-order valence-electron chi connectivity index (χ2n) is 3.78. The maximum Gasteiger partial charge on any atom is 0.431 e. The Hall–Kier alpha value is -1.95. The molecular weight excluding hydrogens is 283 g/mol. The predicted molar refractivity (Wildman–Crippen MR) is 63.2 cm³/mol. The summed E-state index contributed by atoms with van der Waals surface area (Å²) in [4.78, 5) is 13.1. The van der Waals surface area contributed by atoms with Gasteiger partial charge in [-0.3, -0.25) is 0 Å². The molecule has 2 N–H and O–H groups in total. The van der Waals surface area contributed by atoms with Crippen molar-refractivity contribution in [2.75, 3.05) is 0 Å². The third-order valence-electron chi connectivity index (χ3n) is 2.49. The smallest absolute Gasteiger partial charge is 0.431 e. The summed E-state index contributed by atoms with van der Waals surface area (Å²) in [5.74, 6) is -1.43. The number of aromatic nitrogens is 1. The summed E-state index contributed by atoms with van der Waals surface area (Å²) in [7, 11) is 0. The highest BCUT2D eigenvalue weighted by Gasteiger charge is 2.34. The molecule has 0 radical (unpaired) electrons. The Balaban J connectivity index is 2.58. The SMILES string of the molecule is O=C(O)c1cc(C(F)(F)F)[nH]c1-c1ccc(Cl)cc1. The largest absolute Gasteiger partial charge is 0.478 e. The first-order valence-corrected chi connectivity index (χ1v) is 5.46. The molecule has 1 aromatic carbocycles. The van der Waals surface area contributed by atoms with Gasteiger partial charge in [0, 0.05) is 5.02 Å². The Morgan fingerprint density at radius 3 is 2.26 bits per heavy atom. The number of benzene rings is 1. The van der Waals surface area contributed by atoms with E-state index in [1.54, 1.807) is 0 Å². The van der Waals surface area contributed by atoms with Gasteiger partial charge in [-0.05, 0) is 23.8 Å². The third kappa shape index (κ3) is 2.73. The molecule has 0 unspecified atom stereocenters. The minimum absolute atomic E-state index is 0.100. The molecule has 0 spiro atoms. The number of halogens is 4. The minimum atomic E-state index is -4.63. The van der Waals surface area contributed by atoms with Crippen LogP contribution in [0.3, 0.4) is 0 Å². The van der Waals surface area contributed by atoms with Crippen LogP contribution in [0.5, 0.6) is 0 Å². The number of hydrogen-bond donors (Lipinski definition) is 2. The van der Waals surface area contributed by atoms with Crippen LogP contribution < -0.4 is 0 Å². The lowest BCUT2D eigenvalue weighted by atomic mass is 10.1. The van der Waals surface area contributed by atoms with Crippen molar-refractivity contribution in [3.63, 3.8) is 0 Å². The van der Waals surface area contributed by atoms with Crippen LogP contribution in [0.4, 0.5) is 13.2 Å². The van der Waals surface area contributed by atoms with Crippen molar-refractivity contribution in [3.05, 3.63) is 46.6 Å². The topological polar surface area (TPSA) is 53.1 Å². The molecule has 0 saturated heterocycles. The molecule has 0 fully saturated rings. The van der Waals surface area contributed by atoms with Crippen molar-refractivity contribution in [2.45, 2.75) is 6.18 Å². The number of alkyl halides is 3. The van der Waals surface area contributed by atoms with Crippen molar-refractivity contribution >= 4 is 17.6 Å². The van der Waals surface area contributed by atoms with Gasteiger partial charge in [0.05, 0.1) is 11.3 Å². The Bertz CT molecular complexity index is 617. The third-order valence-corrected chi connectivity index (χ3v) is 2.74. The molecule has 2 aromatic rings. The standard InChI is InChI=1S/C12H7ClF3NO2/c13-7-3-1-6(2-4-7)10-8(11(18)19)5-9(17-10)12(14,15)16/h1-5,17H,(H,18,19). The highest BCUT2D eigenvalue weighted by molar-refractivity contribution is 6.30. The monoisotopic (exact) mass is 289 g/mol. The molecule has 3 nitrogen and oxygen atoms in total. The predicted octanol–water partition coefficient (Wildman–Crippen LogP) is 4.05. The van der Waals surface area contributed by atoms with Gasteiger partial charge in [-0.2, -0.15) is 13.2 Å². The van der Waals surface area contributed by atoms with E-state index < -0.39 is 23.4 Å². The molecule has 0 aliphatic rings. The average Bonchev–Trinajstić information content (AvgIpc) is 2.74. The maximum absolute atomic E-state index is 12.6. The van der Waals surface area contributed by atoms with Crippen LogP contribution in [0.15, 0.2) is 30.3 Å². The summed E-state index contributed by atoms with van der Waals surface area (Å²) in [6.45, 7) is 0. The fourth-order valence-corrected chi connectivity index (χ4v) is 1.75. The summed E-state index contributed by atoms with van der Waals surface area (Å²) in [6, 6.07) is 6.40. The molecule has 1 aromatic heterocycles. The number of aromatic carboxylic acids is 1. The average molecular weight is 290 g/mol. The number of carbonyl (C=O) groups is 1. The van der Waals surface area contributed by atoms with Crippen LogP contribution in [-0.4, -0.2) is 16.1 Å². The van der Waals surface area contributed by atoms with Gasteiger partial charge in [0.1, 0.15) is 5.69 Å². The fourth-order valence-electron chi connectivity index (χ4n) is 1.62. The highest BCUT2D eigenvalue weighted by atomic mass is 35.5. The summed E-state index contributed by atoms with van der Waals surface area (Å²) >= 11 is 5.67. The second kappa shape index (κ2) is 4.62. The Morgan fingerprint density at radius 1 is 1.21 bits per heavy atom. The lowest BCUT2D eigenvalue weighted by Gasteiger charge is -2.03. The molecule has 2 rings (SSSR count). The van der Waals surface area contributed by atoms with Gasteiger partial charge in [-0.15, -0.1) is 0 Å². The Kier molecular flexibility index (Phi) is 3.28. The van der Waals surface area contributed by atoms with Gasteiger partial charge in [0.2, 0.25) is 0 Å². The summed E-state index contributed by atoms with van der Waals surface area (Å²) < 4.78 is 37.7. The van der Waals surface area contributed by atoms with E-state index in [-0.39, 0.29) is 5.69 Å². The van der Waals surface area contributed by atoms with E-state index in [0.29, 0.717) is 16.7 Å². The zero-order valence-electron chi connectivity index (χ0n) is 9.25. The number of aromatic amines is 1. The van der Waals surface area contributed by atoms with E-state index in [4.69, 9.17) is 16.7 Å². The minimum Gasteiger partial charge on any atom is -0.478 e. The van der Waals surface area contributed by atoms with Crippen LogP contribution in [0.25, 0.3) is 11.3 Å². The molecular formula is C12H7ClF3NO2. The molecule has 100 valence electrons. The molecule has 0 aliphatic carbocycles. The molecule has 0 amide bonds. The van der Waals surface area contributed by atoms with Crippen molar-refractivity contribution in [1.29, 1.82) is 0 Å². The van der Waals surface area contributed by atoms with E-state index >= 15 is 0 Å². The maximum atomic E-state index is 12.6. The Labute approximate surface area is 110 Å². The molecule has 1 heterocycles. The van der Waals surface area contributed by atoms with Crippen LogP contribution in [0.1, 0.15) is 16.1 Å². The highest BCUT2D eigenvalue weighted by Crippen LogP contribution is 2.33. The van der Waals surface area contributed by atoms with Gasteiger partial charge < -0.3 is 10.1 Å².